The maximum atomic E-state index is 13.6. The van der Waals surface area contributed by atoms with Gasteiger partial charge < -0.3 is 19.2 Å². The Morgan fingerprint density at radius 2 is 1.90 bits per heavy atom. The lowest BCUT2D eigenvalue weighted by molar-refractivity contribution is 0.0901. The number of ether oxygens (including phenoxy) is 1. The minimum Gasteiger partial charge on any atom is -0.502 e. The molecule has 0 saturated carbocycles. The number of aromatic hydroxyl groups is 1. The molecule has 4 aromatic rings. The number of hydrogen-bond acceptors (Lipinski definition) is 9. The molecule has 1 aliphatic rings. The number of nitrogens with zero attached hydrogens (tertiary/aromatic N) is 2. The van der Waals surface area contributed by atoms with Crippen LogP contribution in [0.5, 0.6) is 11.5 Å². The zero-order valence-corrected chi connectivity index (χ0v) is 21.8. The summed E-state index contributed by atoms with van der Waals surface area (Å²) in [4.78, 5) is 48.0. The third-order valence-corrected chi connectivity index (χ3v) is 7.00. The van der Waals surface area contributed by atoms with Gasteiger partial charge in [-0.2, -0.15) is 0 Å². The Hall–Kier alpha value is -4.28. The predicted octanol–water partition coefficient (Wildman–Crippen LogP) is 3.08. The van der Waals surface area contributed by atoms with Crippen molar-refractivity contribution in [3.05, 3.63) is 98.1 Å². The first kappa shape index (κ1) is 26.3. The number of aromatic amines is 1. The first-order chi connectivity index (χ1) is 18.8. The van der Waals surface area contributed by atoms with E-state index in [9.17, 15) is 19.5 Å². The fourth-order valence-corrected chi connectivity index (χ4v) is 4.93. The van der Waals surface area contributed by atoms with Gasteiger partial charge >= 0.3 is 0 Å². The molecule has 0 spiro atoms. The number of Topliss-reactive ketones (excluding diaryl/α,β-unsaturated/α-hetero) is 1. The van der Waals surface area contributed by atoms with Crippen LogP contribution in [0.3, 0.4) is 0 Å². The molecular formula is C29H30N4O6. The van der Waals surface area contributed by atoms with Gasteiger partial charge in [-0.15, -0.1) is 0 Å². The van der Waals surface area contributed by atoms with E-state index in [-0.39, 0.29) is 23.1 Å². The second kappa shape index (κ2) is 11.2. The molecule has 1 atom stereocenters. The number of ketones is 1. The number of aromatic nitrogens is 2. The number of aryl methyl sites for hydroxylation is 1. The fraction of sp³-hybridized carbons (Fsp3) is 0.310. The first-order valence-corrected chi connectivity index (χ1v) is 12.8. The smallest absolute Gasteiger partial charge is 0.258 e. The summed E-state index contributed by atoms with van der Waals surface area (Å²) in [7, 11) is 1.54. The Morgan fingerprint density at radius 3 is 2.62 bits per heavy atom. The second-order valence-corrected chi connectivity index (χ2v) is 9.71. The molecule has 5 rings (SSSR count). The summed E-state index contributed by atoms with van der Waals surface area (Å²) in [5, 5.41) is 14.4. The van der Waals surface area contributed by atoms with E-state index < -0.39 is 17.2 Å². The van der Waals surface area contributed by atoms with Crippen molar-refractivity contribution in [1.29, 1.82) is 0 Å². The summed E-state index contributed by atoms with van der Waals surface area (Å²) in [6.07, 6.45) is 1.39. The van der Waals surface area contributed by atoms with Crippen molar-refractivity contribution in [2.45, 2.75) is 38.4 Å². The van der Waals surface area contributed by atoms with Gasteiger partial charge in [0.05, 0.1) is 24.6 Å². The van der Waals surface area contributed by atoms with E-state index in [1.54, 1.807) is 44.4 Å². The van der Waals surface area contributed by atoms with Gasteiger partial charge in [-0.25, -0.2) is 4.98 Å². The lowest BCUT2D eigenvalue weighted by atomic mass is 9.97. The van der Waals surface area contributed by atoms with Gasteiger partial charge in [0.25, 0.3) is 5.56 Å². The molecule has 0 aliphatic carbocycles. The molecular weight excluding hydrogens is 500 g/mol. The van der Waals surface area contributed by atoms with E-state index in [1.807, 2.05) is 18.2 Å². The average molecular weight is 531 g/mol. The SMILES string of the molecule is COc1ccc(C(=O)C(NC2CCN(Cc3nc4ccccc4c(=O)[nH]3)CC2)c2oc(C)cc(=O)c2O)cc1. The predicted molar refractivity (Wildman–Crippen MR) is 145 cm³/mol. The van der Waals surface area contributed by atoms with E-state index in [0.717, 1.165) is 0 Å². The first-order valence-electron chi connectivity index (χ1n) is 12.8. The molecule has 10 nitrogen and oxygen atoms in total. The monoisotopic (exact) mass is 530 g/mol. The molecule has 1 fully saturated rings. The van der Waals surface area contributed by atoms with Gasteiger partial charge in [0.2, 0.25) is 11.2 Å². The highest BCUT2D eigenvalue weighted by Crippen LogP contribution is 2.28. The number of piperidine rings is 1. The van der Waals surface area contributed by atoms with Crippen LogP contribution in [0.25, 0.3) is 10.9 Å². The van der Waals surface area contributed by atoms with Gasteiger partial charge in [-0.1, -0.05) is 12.1 Å². The number of carbonyl (C=O) groups excluding carboxylic acids is 1. The van der Waals surface area contributed by atoms with Gasteiger partial charge in [0.1, 0.15) is 23.4 Å². The number of rotatable bonds is 8. The molecule has 1 saturated heterocycles. The van der Waals surface area contributed by atoms with E-state index >= 15 is 0 Å². The van der Waals surface area contributed by atoms with Crippen LogP contribution < -0.4 is 21.0 Å². The summed E-state index contributed by atoms with van der Waals surface area (Å²) in [6.45, 7) is 3.49. The molecule has 2 aromatic carbocycles. The van der Waals surface area contributed by atoms with Crippen molar-refractivity contribution in [3.63, 3.8) is 0 Å². The molecule has 3 N–H and O–H groups in total. The van der Waals surface area contributed by atoms with Gasteiger partial charge in [0, 0.05) is 30.8 Å². The standard InChI is InChI=1S/C29H30N4O6/c1-17-15-23(34)27(36)28(39-17)25(26(35)18-7-9-20(38-2)10-8-18)30-19-11-13-33(14-12-19)16-24-31-22-6-4-3-5-21(22)29(37)32-24/h3-10,15,19,25,30,36H,11-14,16H2,1-2H3,(H,31,32,37). The van der Waals surface area contributed by atoms with Crippen molar-refractivity contribution in [3.8, 4) is 11.5 Å². The normalized spacial score (nSPS) is 15.3. The van der Waals surface area contributed by atoms with Crippen LogP contribution in [0.2, 0.25) is 0 Å². The molecule has 3 heterocycles. The van der Waals surface area contributed by atoms with E-state index in [4.69, 9.17) is 9.15 Å². The van der Waals surface area contributed by atoms with Crippen molar-refractivity contribution < 1.29 is 19.1 Å². The third-order valence-electron chi connectivity index (χ3n) is 7.00. The molecule has 39 heavy (non-hydrogen) atoms. The summed E-state index contributed by atoms with van der Waals surface area (Å²) in [5.74, 6) is 0.501. The van der Waals surface area contributed by atoms with Crippen molar-refractivity contribution in [2.75, 3.05) is 20.2 Å². The zero-order chi connectivity index (χ0) is 27.5. The number of likely N-dealkylation sites (tertiary alicyclic amines) is 1. The second-order valence-electron chi connectivity index (χ2n) is 9.71. The summed E-state index contributed by atoms with van der Waals surface area (Å²) in [6, 6.07) is 13.9. The number of fused-ring (bicyclic) bond motifs is 1. The van der Waals surface area contributed by atoms with E-state index in [2.05, 4.69) is 20.2 Å². The molecule has 202 valence electrons. The quantitative estimate of drug-likeness (QED) is 0.293. The lowest BCUT2D eigenvalue weighted by Crippen LogP contribution is -2.45. The third kappa shape index (κ3) is 5.76. The molecule has 1 aliphatic heterocycles. The highest BCUT2D eigenvalue weighted by molar-refractivity contribution is 6.00. The fourth-order valence-electron chi connectivity index (χ4n) is 4.93. The van der Waals surface area contributed by atoms with Gasteiger partial charge in [-0.05, 0) is 56.2 Å². The van der Waals surface area contributed by atoms with Gasteiger partial charge in [-0.3, -0.25) is 24.6 Å². The largest absolute Gasteiger partial charge is 0.502 e. The highest BCUT2D eigenvalue weighted by Gasteiger charge is 2.32. The summed E-state index contributed by atoms with van der Waals surface area (Å²) in [5.41, 5.74) is 0.286. The molecule has 0 amide bonds. The number of benzene rings is 2. The van der Waals surface area contributed by atoms with Crippen LogP contribution in [0.15, 0.2) is 68.6 Å². The Morgan fingerprint density at radius 1 is 1.18 bits per heavy atom. The Balaban J connectivity index is 1.32. The van der Waals surface area contributed by atoms with Gasteiger partial charge in [0.15, 0.2) is 11.5 Å². The Labute approximate surface area is 224 Å². The molecule has 10 heteroatoms. The molecule has 0 bridgehead atoms. The van der Waals surface area contributed by atoms with Crippen LogP contribution in [0.1, 0.15) is 46.6 Å². The summed E-state index contributed by atoms with van der Waals surface area (Å²) >= 11 is 0. The maximum Gasteiger partial charge on any atom is 0.258 e. The van der Waals surface area contributed by atoms with Crippen LogP contribution >= 0.6 is 0 Å². The minimum atomic E-state index is -1.05. The zero-order valence-electron chi connectivity index (χ0n) is 21.8. The number of para-hydroxylation sites is 1. The summed E-state index contributed by atoms with van der Waals surface area (Å²) < 4.78 is 10.9. The van der Waals surface area contributed by atoms with E-state index in [1.165, 1.54) is 6.07 Å². The Kier molecular flexibility index (Phi) is 7.58. The maximum absolute atomic E-state index is 13.6. The highest BCUT2D eigenvalue weighted by atomic mass is 16.5. The number of carbonyl (C=O) groups is 1. The van der Waals surface area contributed by atoms with Crippen molar-refractivity contribution >= 4 is 16.7 Å². The Bertz CT molecular complexity index is 1600. The number of nitrogens with one attached hydrogen (secondary N) is 2. The van der Waals surface area contributed by atoms with Crippen LogP contribution in [-0.4, -0.2) is 52.0 Å². The van der Waals surface area contributed by atoms with Crippen molar-refractivity contribution in [1.82, 2.24) is 20.2 Å². The van der Waals surface area contributed by atoms with Crippen LogP contribution in [-0.2, 0) is 6.54 Å². The van der Waals surface area contributed by atoms with Crippen LogP contribution in [0, 0.1) is 6.92 Å². The van der Waals surface area contributed by atoms with E-state index in [0.29, 0.717) is 66.3 Å². The lowest BCUT2D eigenvalue weighted by Gasteiger charge is -2.34. The molecule has 0 radical (unpaired) electrons. The average Bonchev–Trinajstić information content (AvgIpc) is 2.94. The number of hydrogen-bond donors (Lipinski definition) is 3. The number of H-pyrrole nitrogens is 1. The minimum absolute atomic E-state index is 0.0812. The molecule has 2 aromatic heterocycles. The molecule has 1 unspecified atom stereocenters. The number of methoxy groups -OCH3 is 1. The van der Waals surface area contributed by atoms with Crippen LogP contribution in [0.4, 0.5) is 0 Å². The van der Waals surface area contributed by atoms with Crippen molar-refractivity contribution in [2.24, 2.45) is 0 Å². The topological polar surface area (TPSA) is 138 Å².